The van der Waals surface area contributed by atoms with E-state index >= 15 is 0 Å². The zero-order valence-electron chi connectivity index (χ0n) is 21.0. The van der Waals surface area contributed by atoms with Crippen molar-refractivity contribution in [1.29, 1.82) is 0 Å². The first kappa shape index (κ1) is 22.9. The van der Waals surface area contributed by atoms with Crippen molar-refractivity contribution in [2.75, 3.05) is 11.5 Å². The third-order valence-corrected chi connectivity index (χ3v) is 6.94. The predicted octanol–water partition coefficient (Wildman–Crippen LogP) is 7.56. The summed E-state index contributed by atoms with van der Waals surface area (Å²) < 4.78 is 8.36. The molecule has 4 aromatic carbocycles. The van der Waals surface area contributed by atoms with E-state index in [-0.39, 0.29) is 5.91 Å². The minimum absolute atomic E-state index is 0.0116. The molecule has 1 aliphatic heterocycles. The minimum atomic E-state index is -0.0116. The van der Waals surface area contributed by atoms with Gasteiger partial charge in [0.05, 0.1) is 17.8 Å². The van der Waals surface area contributed by atoms with E-state index in [2.05, 4.69) is 61.0 Å². The largest absolute Gasteiger partial charge is 0.491 e. The molecule has 0 fully saturated rings. The van der Waals surface area contributed by atoms with E-state index in [0.717, 1.165) is 44.7 Å². The highest BCUT2D eigenvalue weighted by Crippen LogP contribution is 2.42. The Hall–Kier alpha value is -4.57. The minimum Gasteiger partial charge on any atom is -0.491 e. The van der Waals surface area contributed by atoms with Crippen LogP contribution in [0.15, 0.2) is 103 Å². The molecular weight excluding hydrogens is 456 g/mol. The number of carbonyl (C=O) groups excluding carboxylic acids is 1. The van der Waals surface area contributed by atoms with E-state index in [4.69, 9.17) is 4.74 Å². The van der Waals surface area contributed by atoms with Gasteiger partial charge in [0.25, 0.3) is 5.91 Å². The van der Waals surface area contributed by atoms with Crippen LogP contribution < -0.4 is 9.64 Å². The fourth-order valence-electron chi connectivity index (χ4n) is 5.06. The number of hydrogen-bond acceptors (Lipinski definition) is 2. The quantitative estimate of drug-likeness (QED) is 0.233. The molecule has 0 radical (unpaired) electrons. The van der Waals surface area contributed by atoms with Crippen molar-refractivity contribution in [3.8, 4) is 5.75 Å². The topological polar surface area (TPSA) is 34.5 Å². The Balaban J connectivity index is 1.35. The molecule has 0 spiro atoms. The lowest BCUT2D eigenvalue weighted by Crippen LogP contribution is -2.20. The summed E-state index contributed by atoms with van der Waals surface area (Å²) >= 11 is 0. The molecule has 0 saturated heterocycles. The molecule has 0 saturated carbocycles. The first-order valence-corrected chi connectivity index (χ1v) is 12.6. The van der Waals surface area contributed by atoms with Gasteiger partial charge in [0, 0.05) is 33.9 Å². The summed E-state index contributed by atoms with van der Waals surface area (Å²) in [4.78, 5) is 15.5. The molecule has 2 heterocycles. The Morgan fingerprint density at radius 2 is 1.59 bits per heavy atom. The summed E-state index contributed by atoms with van der Waals surface area (Å²) in [5.41, 5.74) is 7.90. The zero-order chi connectivity index (χ0) is 25.4. The average molecular weight is 485 g/mol. The highest BCUT2D eigenvalue weighted by atomic mass is 16.5. The number of nitrogens with zero attached hydrogens (tertiary/aromatic N) is 2. The summed E-state index contributed by atoms with van der Waals surface area (Å²) in [5, 5.41) is 1.12. The number of aromatic nitrogens is 1. The van der Waals surface area contributed by atoms with Crippen molar-refractivity contribution < 1.29 is 9.53 Å². The van der Waals surface area contributed by atoms with Crippen LogP contribution in [0.3, 0.4) is 0 Å². The maximum atomic E-state index is 13.7. The summed E-state index contributed by atoms with van der Waals surface area (Å²) in [5.74, 6) is 0.912. The molecule has 1 aromatic heterocycles. The number of ether oxygens (including phenoxy) is 1. The van der Waals surface area contributed by atoms with Crippen LogP contribution in [-0.2, 0) is 11.3 Å². The van der Waals surface area contributed by atoms with E-state index in [0.29, 0.717) is 18.7 Å². The fourth-order valence-corrected chi connectivity index (χ4v) is 5.06. The Labute approximate surface area is 217 Å². The van der Waals surface area contributed by atoms with Crippen LogP contribution in [0.1, 0.15) is 22.3 Å². The second-order valence-electron chi connectivity index (χ2n) is 9.46. The lowest BCUT2D eigenvalue weighted by molar-refractivity contribution is -0.112. The van der Waals surface area contributed by atoms with E-state index in [1.165, 1.54) is 5.56 Å². The van der Waals surface area contributed by atoms with Gasteiger partial charge in [0.2, 0.25) is 0 Å². The van der Waals surface area contributed by atoms with Crippen molar-refractivity contribution in [2.45, 2.75) is 20.4 Å². The molecular formula is C33H28N2O2. The highest BCUT2D eigenvalue weighted by molar-refractivity contribution is 6.38. The maximum absolute atomic E-state index is 13.7. The van der Waals surface area contributed by atoms with E-state index in [1.807, 2.05) is 66.7 Å². The van der Waals surface area contributed by atoms with Crippen LogP contribution >= 0.6 is 0 Å². The number of amides is 1. The molecule has 6 rings (SSSR count). The van der Waals surface area contributed by atoms with Crippen LogP contribution in [0.2, 0.25) is 0 Å². The Bertz CT molecular complexity index is 1650. The van der Waals surface area contributed by atoms with Gasteiger partial charge in [-0.05, 0) is 61.4 Å². The predicted molar refractivity (Wildman–Crippen MR) is 151 cm³/mol. The molecule has 4 heteroatoms. The lowest BCUT2D eigenvalue weighted by Gasteiger charge is -2.16. The molecule has 0 atom stereocenters. The number of para-hydroxylation sites is 3. The fraction of sp³-hybridized carbons (Fsp3) is 0.121. The summed E-state index contributed by atoms with van der Waals surface area (Å²) in [6.45, 7) is 5.41. The standard InChI is InChI=1S/C33H28N2O2/c1-23-16-17-24(2)32(20-23)37-19-18-34-22-25(27-12-6-8-14-30(27)34)21-29-28-13-7-9-15-31(28)35(33(29)36)26-10-4-3-5-11-26/h3-17,20-22H,18-19H2,1-2H3/b29-21+. The third kappa shape index (κ3) is 4.21. The number of carbonyl (C=O) groups is 1. The van der Waals surface area contributed by atoms with Gasteiger partial charge in [-0.25, -0.2) is 0 Å². The van der Waals surface area contributed by atoms with E-state index in [9.17, 15) is 4.79 Å². The molecule has 5 aromatic rings. The van der Waals surface area contributed by atoms with E-state index < -0.39 is 0 Å². The van der Waals surface area contributed by atoms with Gasteiger partial charge < -0.3 is 9.30 Å². The highest BCUT2D eigenvalue weighted by Gasteiger charge is 2.33. The number of rotatable bonds is 6. The van der Waals surface area contributed by atoms with E-state index in [1.54, 1.807) is 4.90 Å². The van der Waals surface area contributed by atoms with Crippen LogP contribution in [0.25, 0.3) is 22.6 Å². The Morgan fingerprint density at radius 1 is 0.838 bits per heavy atom. The first-order chi connectivity index (χ1) is 18.1. The van der Waals surface area contributed by atoms with Gasteiger partial charge in [0.15, 0.2) is 0 Å². The molecule has 0 N–H and O–H groups in total. The number of fused-ring (bicyclic) bond motifs is 2. The average Bonchev–Trinajstić information content (AvgIpc) is 3.41. The van der Waals surface area contributed by atoms with Gasteiger partial charge in [0.1, 0.15) is 12.4 Å². The van der Waals surface area contributed by atoms with Gasteiger partial charge in [-0.1, -0.05) is 66.7 Å². The number of benzene rings is 4. The molecule has 1 aliphatic rings. The van der Waals surface area contributed by atoms with Gasteiger partial charge >= 0.3 is 0 Å². The second kappa shape index (κ2) is 9.47. The van der Waals surface area contributed by atoms with Crippen LogP contribution in [0, 0.1) is 13.8 Å². The van der Waals surface area contributed by atoms with Crippen LogP contribution in [0.5, 0.6) is 5.75 Å². The van der Waals surface area contributed by atoms with Crippen molar-refractivity contribution in [3.63, 3.8) is 0 Å². The van der Waals surface area contributed by atoms with Gasteiger partial charge in [-0.15, -0.1) is 0 Å². The monoisotopic (exact) mass is 484 g/mol. The summed E-state index contributed by atoms with van der Waals surface area (Å²) in [6, 6.07) is 32.4. The van der Waals surface area contributed by atoms with Gasteiger partial charge in [-0.2, -0.15) is 0 Å². The van der Waals surface area contributed by atoms with Crippen molar-refractivity contribution in [1.82, 2.24) is 4.57 Å². The number of hydrogen-bond donors (Lipinski definition) is 0. The van der Waals surface area contributed by atoms with Crippen LogP contribution in [-0.4, -0.2) is 17.1 Å². The van der Waals surface area contributed by atoms with Crippen molar-refractivity contribution in [2.24, 2.45) is 0 Å². The third-order valence-electron chi connectivity index (χ3n) is 6.94. The van der Waals surface area contributed by atoms with Gasteiger partial charge in [-0.3, -0.25) is 9.69 Å². The van der Waals surface area contributed by atoms with Crippen molar-refractivity contribution >= 4 is 39.8 Å². The Morgan fingerprint density at radius 3 is 2.46 bits per heavy atom. The number of anilines is 2. The Kier molecular flexibility index (Phi) is 5.85. The summed E-state index contributed by atoms with van der Waals surface area (Å²) in [7, 11) is 0. The SMILES string of the molecule is Cc1ccc(C)c(OCCn2cc(/C=C3/C(=O)N(c4ccccc4)c4ccccc43)c3ccccc32)c1. The molecule has 182 valence electrons. The lowest BCUT2D eigenvalue weighted by atomic mass is 10.0. The zero-order valence-corrected chi connectivity index (χ0v) is 21.0. The van der Waals surface area contributed by atoms with Crippen LogP contribution in [0.4, 0.5) is 11.4 Å². The summed E-state index contributed by atoms with van der Waals surface area (Å²) in [6.07, 6.45) is 4.17. The van der Waals surface area contributed by atoms with Crippen molar-refractivity contribution in [3.05, 3.63) is 126 Å². The molecule has 0 bridgehead atoms. The molecule has 4 nitrogen and oxygen atoms in total. The molecule has 1 amide bonds. The molecule has 0 aliphatic carbocycles. The maximum Gasteiger partial charge on any atom is 0.263 e. The number of aryl methyl sites for hydroxylation is 2. The smallest absolute Gasteiger partial charge is 0.263 e. The molecule has 0 unspecified atom stereocenters. The first-order valence-electron chi connectivity index (χ1n) is 12.6. The second-order valence-corrected chi connectivity index (χ2v) is 9.46. The normalized spacial score (nSPS) is 13.9. The molecule has 37 heavy (non-hydrogen) atoms.